The Labute approximate surface area is 111 Å². The molecule has 0 spiro atoms. The number of thiophene rings is 1. The summed E-state index contributed by atoms with van der Waals surface area (Å²) in [5, 5.41) is 9.00. The topological polar surface area (TPSA) is 49.8 Å². The van der Waals surface area contributed by atoms with E-state index in [0.717, 1.165) is 30.1 Å². The Balaban J connectivity index is 2.03. The van der Waals surface area contributed by atoms with Crippen molar-refractivity contribution in [3.63, 3.8) is 0 Å². The lowest BCUT2D eigenvalue weighted by Gasteiger charge is -2.21. The summed E-state index contributed by atoms with van der Waals surface area (Å²) in [6, 6.07) is 2.47. The van der Waals surface area contributed by atoms with Crippen molar-refractivity contribution in [2.45, 2.75) is 32.4 Å². The zero-order valence-corrected chi connectivity index (χ0v) is 11.6. The van der Waals surface area contributed by atoms with Crippen LogP contribution in [0.3, 0.4) is 0 Å². The van der Waals surface area contributed by atoms with Gasteiger partial charge in [-0.3, -0.25) is 4.90 Å². The van der Waals surface area contributed by atoms with E-state index >= 15 is 0 Å². The third-order valence-electron chi connectivity index (χ3n) is 3.25. The van der Waals surface area contributed by atoms with Gasteiger partial charge in [-0.05, 0) is 31.4 Å². The van der Waals surface area contributed by atoms with Crippen molar-refractivity contribution < 1.29 is 14.6 Å². The molecule has 0 aliphatic heterocycles. The van der Waals surface area contributed by atoms with Crippen LogP contribution in [0.5, 0.6) is 0 Å². The largest absolute Gasteiger partial charge is 0.477 e. The molecule has 18 heavy (non-hydrogen) atoms. The fraction of sp³-hybridized carbons (Fsp3) is 0.615. The normalized spacial score (nSPS) is 15.3. The lowest BCUT2D eigenvalue weighted by molar-refractivity contribution is 0.0702. The van der Waals surface area contributed by atoms with Crippen molar-refractivity contribution in [1.29, 1.82) is 0 Å². The van der Waals surface area contributed by atoms with E-state index in [1.165, 1.54) is 24.2 Å². The molecule has 0 atom stereocenters. The summed E-state index contributed by atoms with van der Waals surface area (Å²) in [5.41, 5.74) is 1.14. The Morgan fingerprint density at radius 2 is 2.33 bits per heavy atom. The number of aryl methyl sites for hydroxylation is 1. The van der Waals surface area contributed by atoms with Crippen LogP contribution < -0.4 is 0 Å². The summed E-state index contributed by atoms with van der Waals surface area (Å²) in [6.45, 7) is 4.47. The summed E-state index contributed by atoms with van der Waals surface area (Å²) in [7, 11) is 1.71. The minimum absolute atomic E-state index is 0.435. The Morgan fingerprint density at radius 3 is 2.83 bits per heavy atom. The zero-order chi connectivity index (χ0) is 13.1. The van der Waals surface area contributed by atoms with Crippen LogP contribution in [0.1, 0.15) is 33.0 Å². The summed E-state index contributed by atoms with van der Waals surface area (Å²) in [6.07, 6.45) is 2.50. The second kappa shape index (κ2) is 5.82. The fourth-order valence-electron chi connectivity index (χ4n) is 2.04. The Hall–Kier alpha value is -0.910. The second-order valence-electron chi connectivity index (χ2n) is 4.69. The number of methoxy groups -OCH3 is 1. The molecule has 1 saturated carbocycles. The molecule has 100 valence electrons. The minimum Gasteiger partial charge on any atom is -0.477 e. The molecule has 1 aliphatic carbocycles. The highest BCUT2D eigenvalue weighted by Gasteiger charge is 2.29. The van der Waals surface area contributed by atoms with Gasteiger partial charge in [-0.25, -0.2) is 4.79 Å². The van der Waals surface area contributed by atoms with E-state index in [1.54, 1.807) is 7.11 Å². The van der Waals surface area contributed by atoms with Crippen molar-refractivity contribution in [2.24, 2.45) is 0 Å². The molecule has 1 N–H and O–H groups in total. The molecular formula is C13H19NO3S. The SMILES string of the molecule is COCCN(Cc1cc(C(=O)O)sc1C)C1CC1. The molecule has 1 heterocycles. The first-order valence-electron chi connectivity index (χ1n) is 6.17. The lowest BCUT2D eigenvalue weighted by Crippen LogP contribution is -2.29. The zero-order valence-electron chi connectivity index (χ0n) is 10.8. The average molecular weight is 269 g/mol. The van der Waals surface area contributed by atoms with E-state index in [4.69, 9.17) is 9.84 Å². The van der Waals surface area contributed by atoms with Gasteiger partial charge in [-0.1, -0.05) is 0 Å². The van der Waals surface area contributed by atoms with Gasteiger partial charge in [0, 0.05) is 31.1 Å². The standard InChI is InChI=1S/C13H19NO3S/c1-9-10(7-12(18-9)13(15)16)8-14(5-6-17-2)11-3-4-11/h7,11H,3-6,8H2,1-2H3,(H,15,16). The third kappa shape index (κ3) is 3.31. The predicted molar refractivity (Wildman–Crippen MR) is 71.3 cm³/mol. The van der Waals surface area contributed by atoms with Crippen LogP contribution in [0.4, 0.5) is 0 Å². The van der Waals surface area contributed by atoms with Crippen molar-refractivity contribution in [2.75, 3.05) is 20.3 Å². The molecule has 0 bridgehead atoms. The van der Waals surface area contributed by atoms with E-state index < -0.39 is 5.97 Å². The molecule has 0 amide bonds. The van der Waals surface area contributed by atoms with Crippen molar-refractivity contribution in [3.8, 4) is 0 Å². The second-order valence-corrected chi connectivity index (χ2v) is 5.95. The molecule has 0 radical (unpaired) electrons. The van der Waals surface area contributed by atoms with Crippen molar-refractivity contribution in [3.05, 3.63) is 21.4 Å². The van der Waals surface area contributed by atoms with Crippen molar-refractivity contribution >= 4 is 17.3 Å². The monoisotopic (exact) mass is 269 g/mol. The molecule has 0 aromatic carbocycles. The highest BCUT2D eigenvalue weighted by atomic mass is 32.1. The number of carbonyl (C=O) groups is 1. The number of rotatable bonds is 7. The molecule has 1 aliphatic rings. The van der Waals surface area contributed by atoms with Gasteiger partial charge in [0.25, 0.3) is 0 Å². The number of carboxylic acids is 1. The fourth-order valence-corrected chi connectivity index (χ4v) is 2.91. The first kappa shape index (κ1) is 13.5. The van der Waals surface area contributed by atoms with Gasteiger partial charge in [0.05, 0.1) is 6.61 Å². The molecule has 1 aromatic rings. The number of hydrogen-bond acceptors (Lipinski definition) is 4. The van der Waals surface area contributed by atoms with E-state index in [2.05, 4.69) is 4.90 Å². The molecular weight excluding hydrogens is 250 g/mol. The maximum Gasteiger partial charge on any atom is 0.345 e. The van der Waals surface area contributed by atoms with Crippen LogP contribution in [0.15, 0.2) is 6.07 Å². The molecule has 0 saturated heterocycles. The van der Waals surface area contributed by atoms with E-state index in [1.807, 2.05) is 13.0 Å². The average Bonchev–Trinajstić information content (AvgIpc) is 3.10. The predicted octanol–water partition coefficient (Wildman–Crippen LogP) is 2.37. The summed E-state index contributed by atoms with van der Waals surface area (Å²) >= 11 is 1.36. The number of aromatic carboxylic acids is 1. The van der Waals surface area contributed by atoms with Crippen LogP contribution >= 0.6 is 11.3 Å². The summed E-state index contributed by atoms with van der Waals surface area (Å²) < 4.78 is 5.13. The van der Waals surface area contributed by atoms with Gasteiger partial charge < -0.3 is 9.84 Å². The van der Waals surface area contributed by atoms with Gasteiger partial charge in [-0.2, -0.15) is 0 Å². The van der Waals surface area contributed by atoms with Crippen LogP contribution in [-0.4, -0.2) is 42.3 Å². The van der Waals surface area contributed by atoms with Crippen LogP contribution in [-0.2, 0) is 11.3 Å². The van der Waals surface area contributed by atoms with Crippen molar-refractivity contribution in [1.82, 2.24) is 4.90 Å². The van der Waals surface area contributed by atoms with Gasteiger partial charge in [-0.15, -0.1) is 11.3 Å². The molecule has 5 heteroatoms. The smallest absolute Gasteiger partial charge is 0.345 e. The van der Waals surface area contributed by atoms with Crippen LogP contribution in [0, 0.1) is 6.92 Å². The highest BCUT2D eigenvalue weighted by Crippen LogP contribution is 2.30. The quantitative estimate of drug-likeness (QED) is 0.825. The molecule has 2 rings (SSSR count). The number of nitrogens with zero attached hydrogens (tertiary/aromatic N) is 1. The molecule has 1 fully saturated rings. The molecule has 0 unspecified atom stereocenters. The van der Waals surface area contributed by atoms with Gasteiger partial charge in [0.1, 0.15) is 4.88 Å². The van der Waals surface area contributed by atoms with E-state index in [9.17, 15) is 4.79 Å². The first-order chi connectivity index (χ1) is 8.61. The summed E-state index contributed by atoms with van der Waals surface area (Å²) in [4.78, 5) is 14.9. The minimum atomic E-state index is -0.829. The van der Waals surface area contributed by atoms with Gasteiger partial charge in [0.2, 0.25) is 0 Å². The third-order valence-corrected chi connectivity index (χ3v) is 4.33. The maximum atomic E-state index is 10.9. The van der Waals surface area contributed by atoms with Gasteiger partial charge >= 0.3 is 5.97 Å². The highest BCUT2D eigenvalue weighted by molar-refractivity contribution is 7.14. The maximum absolute atomic E-state index is 10.9. The van der Waals surface area contributed by atoms with E-state index in [0.29, 0.717) is 10.9 Å². The Morgan fingerprint density at radius 1 is 1.61 bits per heavy atom. The van der Waals surface area contributed by atoms with Crippen LogP contribution in [0.2, 0.25) is 0 Å². The lowest BCUT2D eigenvalue weighted by atomic mass is 10.2. The van der Waals surface area contributed by atoms with Gasteiger partial charge in [0.15, 0.2) is 0 Å². The molecule has 1 aromatic heterocycles. The Bertz CT molecular complexity index is 426. The first-order valence-corrected chi connectivity index (χ1v) is 6.99. The number of hydrogen-bond donors (Lipinski definition) is 1. The summed E-state index contributed by atoms with van der Waals surface area (Å²) in [5.74, 6) is -0.829. The Kier molecular flexibility index (Phi) is 4.37. The number of carboxylic acid groups (broad SMARTS) is 1. The van der Waals surface area contributed by atoms with Crippen LogP contribution in [0.25, 0.3) is 0 Å². The molecule has 4 nitrogen and oxygen atoms in total. The number of ether oxygens (including phenoxy) is 1. The van der Waals surface area contributed by atoms with E-state index in [-0.39, 0.29) is 0 Å².